The highest BCUT2D eigenvalue weighted by Gasteiger charge is 2.20. The molecule has 0 saturated carbocycles. The molecular weight excluding hydrogens is 232 g/mol. The molecule has 2 heteroatoms. The van der Waals surface area contributed by atoms with Gasteiger partial charge in [0.2, 0.25) is 0 Å². The summed E-state index contributed by atoms with van der Waals surface area (Å²) in [6.07, 6.45) is 4.34. The van der Waals surface area contributed by atoms with E-state index in [9.17, 15) is 0 Å². The number of hydrogen-bond acceptors (Lipinski definition) is 1. The van der Waals surface area contributed by atoms with Crippen molar-refractivity contribution in [2.45, 2.75) is 18.9 Å². The lowest BCUT2D eigenvalue weighted by molar-refractivity contribution is 0.750. The number of nitrogens with one attached hydrogen (secondary N) is 2. The first-order valence-electron chi connectivity index (χ1n) is 6.79. The molecule has 1 atom stereocenters. The summed E-state index contributed by atoms with van der Waals surface area (Å²) in [5.41, 5.74) is 5.37. The Kier molecular flexibility index (Phi) is 2.34. The van der Waals surface area contributed by atoms with Gasteiger partial charge < -0.3 is 10.3 Å². The van der Waals surface area contributed by atoms with E-state index in [1.807, 2.05) is 0 Å². The minimum Gasteiger partial charge on any atom is -0.381 e. The highest BCUT2D eigenvalue weighted by molar-refractivity contribution is 5.83. The Balaban J connectivity index is 1.60. The zero-order valence-corrected chi connectivity index (χ0v) is 10.7. The fraction of sp³-hybridized carbons (Fsp3) is 0.176. The molecule has 3 aromatic rings. The Bertz CT molecular complexity index is 702. The van der Waals surface area contributed by atoms with Crippen molar-refractivity contribution in [1.29, 1.82) is 0 Å². The molecule has 0 bridgehead atoms. The Hall–Kier alpha value is -2.22. The molecule has 2 N–H and O–H groups in total. The normalized spacial score (nSPS) is 17.4. The van der Waals surface area contributed by atoms with Crippen molar-refractivity contribution in [1.82, 2.24) is 4.98 Å². The van der Waals surface area contributed by atoms with Gasteiger partial charge in [0.05, 0.1) is 0 Å². The number of H-pyrrole nitrogens is 1. The maximum absolute atomic E-state index is 3.62. The van der Waals surface area contributed by atoms with Crippen molar-refractivity contribution in [2.75, 3.05) is 5.32 Å². The van der Waals surface area contributed by atoms with Crippen LogP contribution in [0.4, 0.5) is 5.69 Å². The quantitative estimate of drug-likeness (QED) is 0.710. The van der Waals surface area contributed by atoms with E-state index in [1.165, 1.54) is 27.7 Å². The van der Waals surface area contributed by atoms with Crippen LogP contribution in [0.3, 0.4) is 0 Å². The monoisotopic (exact) mass is 248 g/mol. The molecule has 0 amide bonds. The lowest BCUT2D eigenvalue weighted by Gasteiger charge is -2.10. The van der Waals surface area contributed by atoms with Crippen LogP contribution in [-0.4, -0.2) is 11.0 Å². The van der Waals surface area contributed by atoms with Gasteiger partial charge in [-0.15, -0.1) is 0 Å². The number of anilines is 1. The van der Waals surface area contributed by atoms with Crippen LogP contribution in [-0.2, 0) is 12.8 Å². The Morgan fingerprint density at radius 2 is 1.84 bits per heavy atom. The third-order valence-corrected chi connectivity index (χ3v) is 3.98. The van der Waals surface area contributed by atoms with Crippen molar-refractivity contribution in [2.24, 2.45) is 0 Å². The fourth-order valence-electron chi connectivity index (χ4n) is 3.06. The maximum atomic E-state index is 3.62. The second-order valence-electron chi connectivity index (χ2n) is 5.27. The van der Waals surface area contributed by atoms with E-state index < -0.39 is 0 Å². The van der Waals surface area contributed by atoms with E-state index in [4.69, 9.17) is 0 Å². The number of aromatic amines is 1. The topological polar surface area (TPSA) is 27.8 Å². The first-order valence-corrected chi connectivity index (χ1v) is 6.79. The molecule has 1 aliphatic heterocycles. The van der Waals surface area contributed by atoms with Gasteiger partial charge >= 0.3 is 0 Å². The van der Waals surface area contributed by atoms with Crippen LogP contribution >= 0.6 is 0 Å². The lowest BCUT2D eigenvalue weighted by atomic mass is 10.0. The predicted octanol–water partition coefficient (Wildman–Crippen LogP) is 3.75. The molecule has 1 aliphatic rings. The standard InChI is InChI=1S/C17H16N2/c1-3-7-16-12(5-1)9-14(19-16)10-13-11-18-17-8-4-2-6-15(13)17/h1-8,11,14,18-19H,9-10H2. The number of para-hydroxylation sites is 2. The van der Waals surface area contributed by atoms with E-state index in [-0.39, 0.29) is 0 Å². The molecular formula is C17H16N2. The molecule has 2 nitrogen and oxygen atoms in total. The molecule has 2 heterocycles. The third-order valence-electron chi connectivity index (χ3n) is 3.98. The van der Waals surface area contributed by atoms with Crippen molar-refractivity contribution in [3.05, 3.63) is 65.9 Å². The van der Waals surface area contributed by atoms with Crippen molar-refractivity contribution >= 4 is 16.6 Å². The van der Waals surface area contributed by atoms with Crippen LogP contribution < -0.4 is 5.32 Å². The van der Waals surface area contributed by atoms with Gasteiger partial charge in [0, 0.05) is 28.8 Å². The van der Waals surface area contributed by atoms with Crippen LogP contribution in [0.15, 0.2) is 54.7 Å². The first kappa shape index (κ1) is 10.7. The smallest absolute Gasteiger partial charge is 0.0456 e. The number of fused-ring (bicyclic) bond motifs is 2. The minimum absolute atomic E-state index is 0.511. The molecule has 19 heavy (non-hydrogen) atoms. The zero-order valence-electron chi connectivity index (χ0n) is 10.7. The Morgan fingerprint density at radius 3 is 2.79 bits per heavy atom. The van der Waals surface area contributed by atoms with E-state index >= 15 is 0 Å². The molecule has 4 rings (SSSR count). The predicted molar refractivity (Wildman–Crippen MR) is 79.6 cm³/mol. The summed E-state index contributed by atoms with van der Waals surface area (Å²) in [4.78, 5) is 3.36. The lowest BCUT2D eigenvalue weighted by Crippen LogP contribution is -2.18. The van der Waals surface area contributed by atoms with Gasteiger partial charge in [0.25, 0.3) is 0 Å². The average molecular weight is 248 g/mol. The SMILES string of the molecule is c1ccc2c(c1)CC(Cc1c[nH]c3ccccc13)N2. The van der Waals surface area contributed by atoms with Crippen LogP contribution in [0.2, 0.25) is 0 Å². The van der Waals surface area contributed by atoms with Crippen LogP contribution in [0.25, 0.3) is 10.9 Å². The molecule has 0 spiro atoms. The largest absolute Gasteiger partial charge is 0.381 e. The number of aromatic nitrogens is 1. The van der Waals surface area contributed by atoms with Crippen molar-refractivity contribution < 1.29 is 0 Å². The summed E-state index contributed by atoms with van der Waals surface area (Å²) in [6, 6.07) is 17.6. The van der Waals surface area contributed by atoms with Gasteiger partial charge in [-0.05, 0) is 36.1 Å². The first-order chi connectivity index (χ1) is 9.40. The summed E-state index contributed by atoms with van der Waals surface area (Å²) in [5, 5.41) is 4.97. The number of rotatable bonds is 2. The van der Waals surface area contributed by atoms with Gasteiger partial charge in [-0.1, -0.05) is 36.4 Å². The van der Waals surface area contributed by atoms with Gasteiger partial charge in [0.1, 0.15) is 0 Å². The second-order valence-corrected chi connectivity index (χ2v) is 5.27. The Labute approximate surface area is 112 Å². The molecule has 0 saturated heterocycles. The summed E-state index contributed by atoms with van der Waals surface area (Å²) in [7, 11) is 0. The summed E-state index contributed by atoms with van der Waals surface area (Å²) < 4.78 is 0. The van der Waals surface area contributed by atoms with Crippen LogP contribution in [0, 0.1) is 0 Å². The van der Waals surface area contributed by atoms with Gasteiger partial charge in [-0.3, -0.25) is 0 Å². The molecule has 94 valence electrons. The minimum atomic E-state index is 0.511. The number of benzene rings is 2. The summed E-state index contributed by atoms with van der Waals surface area (Å²) in [5.74, 6) is 0. The van der Waals surface area contributed by atoms with Gasteiger partial charge in [0.15, 0.2) is 0 Å². The van der Waals surface area contributed by atoms with Gasteiger partial charge in [-0.2, -0.15) is 0 Å². The molecule has 1 aromatic heterocycles. The highest BCUT2D eigenvalue weighted by atomic mass is 14.9. The third kappa shape index (κ3) is 1.80. The van der Waals surface area contributed by atoms with E-state index in [1.54, 1.807) is 0 Å². The zero-order chi connectivity index (χ0) is 12.7. The average Bonchev–Trinajstić information content (AvgIpc) is 3.03. The summed E-state index contributed by atoms with van der Waals surface area (Å²) in [6.45, 7) is 0. The molecule has 2 aromatic carbocycles. The van der Waals surface area contributed by atoms with Crippen LogP contribution in [0.1, 0.15) is 11.1 Å². The second kappa shape index (κ2) is 4.16. The fourth-order valence-corrected chi connectivity index (χ4v) is 3.06. The van der Waals surface area contributed by atoms with E-state index in [2.05, 4.69) is 65.0 Å². The Morgan fingerprint density at radius 1 is 1.00 bits per heavy atom. The maximum Gasteiger partial charge on any atom is 0.0456 e. The highest BCUT2D eigenvalue weighted by Crippen LogP contribution is 2.28. The molecule has 1 unspecified atom stereocenters. The number of hydrogen-bond donors (Lipinski definition) is 2. The molecule has 0 aliphatic carbocycles. The van der Waals surface area contributed by atoms with Gasteiger partial charge in [-0.25, -0.2) is 0 Å². The van der Waals surface area contributed by atoms with E-state index in [0.717, 1.165) is 12.8 Å². The van der Waals surface area contributed by atoms with Crippen molar-refractivity contribution in [3.8, 4) is 0 Å². The molecule has 0 fully saturated rings. The molecule has 0 radical (unpaired) electrons. The summed E-state index contributed by atoms with van der Waals surface area (Å²) >= 11 is 0. The van der Waals surface area contributed by atoms with Crippen molar-refractivity contribution in [3.63, 3.8) is 0 Å². The van der Waals surface area contributed by atoms with E-state index in [0.29, 0.717) is 6.04 Å². The van der Waals surface area contributed by atoms with Crippen LogP contribution in [0.5, 0.6) is 0 Å².